The molecule has 0 saturated heterocycles. The van der Waals surface area contributed by atoms with Crippen LogP contribution < -0.4 is 0 Å². The van der Waals surface area contributed by atoms with Crippen LogP contribution in [0.4, 0.5) is 0 Å². The largest absolute Gasteiger partial charge is 0.459 e. The molecule has 0 aliphatic heterocycles. The van der Waals surface area contributed by atoms with Gasteiger partial charge in [0.25, 0.3) is 5.91 Å². The Labute approximate surface area is 169 Å². The van der Waals surface area contributed by atoms with Gasteiger partial charge in [0.2, 0.25) is 10.0 Å². The molecule has 1 aromatic heterocycles. The number of carbonyl (C=O) groups is 1. The van der Waals surface area contributed by atoms with E-state index in [2.05, 4.69) is 0 Å². The molecular formula is C20H21ClN2O4S. The third kappa shape index (κ3) is 3.65. The van der Waals surface area contributed by atoms with Crippen LogP contribution in [0.3, 0.4) is 0 Å². The molecule has 28 heavy (non-hydrogen) atoms. The van der Waals surface area contributed by atoms with Gasteiger partial charge in [0.15, 0.2) is 0 Å². The van der Waals surface area contributed by atoms with Crippen molar-refractivity contribution in [1.29, 1.82) is 0 Å². The summed E-state index contributed by atoms with van der Waals surface area (Å²) in [4.78, 5) is 14.5. The van der Waals surface area contributed by atoms with Crippen molar-refractivity contribution >= 4 is 38.5 Å². The summed E-state index contributed by atoms with van der Waals surface area (Å²) >= 11 is 6.20. The summed E-state index contributed by atoms with van der Waals surface area (Å²) < 4.78 is 31.7. The van der Waals surface area contributed by atoms with Gasteiger partial charge in [0, 0.05) is 26.5 Å². The molecule has 1 heterocycles. The third-order valence-corrected chi connectivity index (χ3v) is 6.85. The van der Waals surface area contributed by atoms with Gasteiger partial charge in [-0.1, -0.05) is 29.8 Å². The molecule has 0 radical (unpaired) electrons. The second-order valence-electron chi connectivity index (χ2n) is 6.71. The van der Waals surface area contributed by atoms with Gasteiger partial charge in [0.05, 0.1) is 21.5 Å². The number of hydrogen-bond donors (Lipinski definition) is 0. The standard InChI is InChI=1S/C20H21ClN2O4S/c1-13(19-11-14-7-5-6-8-18(14)27-19)23(4)20(24)16-12-15(9-10-17(16)21)28(25,26)22(2)3/h5-13H,1-4H3/t13-/m1/s1. The molecule has 3 aromatic rings. The van der Waals surface area contributed by atoms with E-state index in [1.807, 2.05) is 37.3 Å². The number of amides is 1. The van der Waals surface area contributed by atoms with Crippen molar-refractivity contribution in [3.05, 3.63) is 64.9 Å². The van der Waals surface area contributed by atoms with Crippen molar-refractivity contribution in [1.82, 2.24) is 9.21 Å². The van der Waals surface area contributed by atoms with Gasteiger partial charge in [-0.2, -0.15) is 0 Å². The smallest absolute Gasteiger partial charge is 0.255 e. The zero-order valence-corrected chi connectivity index (χ0v) is 17.6. The highest BCUT2D eigenvalue weighted by atomic mass is 35.5. The van der Waals surface area contributed by atoms with Gasteiger partial charge in [-0.25, -0.2) is 12.7 Å². The minimum absolute atomic E-state index is 0.00930. The Balaban J connectivity index is 1.94. The summed E-state index contributed by atoms with van der Waals surface area (Å²) in [6.45, 7) is 1.84. The molecule has 0 aliphatic carbocycles. The topological polar surface area (TPSA) is 70.8 Å². The minimum Gasteiger partial charge on any atom is -0.459 e. The fraction of sp³-hybridized carbons (Fsp3) is 0.250. The van der Waals surface area contributed by atoms with E-state index in [1.54, 1.807) is 7.05 Å². The van der Waals surface area contributed by atoms with E-state index >= 15 is 0 Å². The van der Waals surface area contributed by atoms with E-state index in [0.29, 0.717) is 5.76 Å². The van der Waals surface area contributed by atoms with E-state index in [-0.39, 0.29) is 21.5 Å². The molecule has 6 nitrogen and oxygen atoms in total. The van der Waals surface area contributed by atoms with E-state index in [9.17, 15) is 13.2 Å². The lowest BCUT2D eigenvalue weighted by Gasteiger charge is -2.24. The molecule has 1 atom stereocenters. The van der Waals surface area contributed by atoms with Gasteiger partial charge < -0.3 is 9.32 Å². The number of fused-ring (bicyclic) bond motifs is 1. The second kappa shape index (κ2) is 7.58. The molecule has 0 fully saturated rings. The average Bonchev–Trinajstić information content (AvgIpc) is 3.10. The Morgan fingerprint density at radius 3 is 2.39 bits per heavy atom. The number of halogens is 1. The summed E-state index contributed by atoms with van der Waals surface area (Å²) in [5.74, 6) is 0.235. The predicted molar refractivity (Wildman–Crippen MR) is 109 cm³/mol. The van der Waals surface area contributed by atoms with Gasteiger partial charge in [0.1, 0.15) is 11.3 Å². The molecule has 0 aliphatic rings. The van der Waals surface area contributed by atoms with Gasteiger partial charge >= 0.3 is 0 Å². The molecule has 0 spiro atoms. The Morgan fingerprint density at radius 1 is 1.07 bits per heavy atom. The Hall–Kier alpha value is -2.35. The zero-order chi connectivity index (χ0) is 20.6. The molecular weight excluding hydrogens is 400 g/mol. The van der Waals surface area contributed by atoms with Crippen LogP contribution in [0.15, 0.2) is 57.8 Å². The maximum absolute atomic E-state index is 13.0. The maximum Gasteiger partial charge on any atom is 0.255 e. The Bertz CT molecular complexity index is 1110. The summed E-state index contributed by atoms with van der Waals surface area (Å²) in [7, 11) is 0.812. The number of carbonyl (C=O) groups excluding carboxylic acids is 1. The van der Waals surface area contributed by atoms with Crippen LogP contribution >= 0.6 is 11.6 Å². The molecule has 148 valence electrons. The first-order valence-corrected chi connectivity index (χ1v) is 10.4. The van der Waals surface area contributed by atoms with Crippen LogP contribution in [0, 0.1) is 0 Å². The summed E-state index contributed by atoms with van der Waals surface area (Å²) in [5.41, 5.74) is 0.859. The zero-order valence-electron chi connectivity index (χ0n) is 16.0. The van der Waals surface area contributed by atoms with Crippen molar-refractivity contribution in [2.75, 3.05) is 21.1 Å². The van der Waals surface area contributed by atoms with Gasteiger partial charge in [-0.05, 0) is 37.3 Å². The number of nitrogens with zero attached hydrogens (tertiary/aromatic N) is 2. The number of furan rings is 1. The maximum atomic E-state index is 13.0. The summed E-state index contributed by atoms with van der Waals surface area (Å²) in [5, 5.41) is 1.13. The van der Waals surface area contributed by atoms with E-state index < -0.39 is 15.9 Å². The predicted octanol–water partition coefficient (Wildman–Crippen LogP) is 4.17. The van der Waals surface area contributed by atoms with Crippen LogP contribution in [0.5, 0.6) is 0 Å². The first kappa shape index (κ1) is 20.4. The number of rotatable bonds is 5. The molecule has 0 unspecified atom stereocenters. The van der Waals surface area contributed by atoms with E-state index in [0.717, 1.165) is 15.3 Å². The molecule has 2 aromatic carbocycles. The Kier molecular flexibility index (Phi) is 5.52. The van der Waals surface area contributed by atoms with E-state index in [4.69, 9.17) is 16.0 Å². The number of benzene rings is 2. The Morgan fingerprint density at radius 2 is 1.75 bits per heavy atom. The quantitative estimate of drug-likeness (QED) is 0.621. The van der Waals surface area contributed by atoms with Crippen LogP contribution in [0.2, 0.25) is 5.02 Å². The third-order valence-electron chi connectivity index (χ3n) is 4.70. The SMILES string of the molecule is C[C@H](c1cc2ccccc2o1)N(C)C(=O)c1cc(S(=O)(=O)N(C)C)ccc1Cl. The first-order chi connectivity index (χ1) is 13.1. The molecule has 1 amide bonds. The fourth-order valence-corrected chi connectivity index (χ4v) is 3.93. The minimum atomic E-state index is -3.68. The summed E-state index contributed by atoms with van der Waals surface area (Å²) in [6.07, 6.45) is 0. The van der Waals surface area contributed by atoms with Crippen molar-refractivity contribution < 1.29 is 17.6 Å². The highest BCUT2D eigenvalue weighted by molar-refractivity contribution is 7.89. The van der Waals surface area contributed by atoms with Crippen LogP contribution in [-0.2, 0) is 10.0 Å². The average molecular weight is 421 g/mol. The van der Waals surface area contributed by atoms with E-state index in [1.165, 1.54) is 37.2 Å². The molecule has 0 saturated carbocycles. The van der Waals surface area contributed by atoms with Crippen LogP contribution in [0.1, 0.15) is 29.1 Å². The number of para-hydroxylation sites is 1. The first-order valence-electron chi connectivity index (χ1n) is 8.60. The van der Waals surface area contributed by atoms with Gasteiger partial charge in [-0.3, -0.25) is 4.79 Å². The second-order valence-corrected chi connectivity index (χ2v) is 9.27. The number of sulfonamides is 1. The highest BCUT2D eigenvalue weighted by Crippen LogP contribution is 2.29. The molecule has 0 bridgehead atoms. The van der Waals surface area contributed by atoms with Crippen LogP contribution in [0.25, 0.3) is 11.0 Å². The van der Waals surface area contributed by atoms with Crippen molar-refractivity contribution in [2.45, 2.75) is 17.9 Å². The monoisotopic (exact) mass is 420 g/mol. The lowest BCUT2D eigenvalue weighted by atomic mass is 10.1. The number of hydrogen-bond acceptors (Lipinski definition) is 4. The normalized spacial score (nSPS) is 13.1. The fourth-order valence-electron chi connectivity index (χ4n) is 2.80. The van der Waals surface area contributed by atoms with Crippen molar-refractivity contribution in [3.63, 3.8) is 0 Å². The molecule has 0 N–H and O–H groups in total. The lowest BCUT2D eigenvalue weighted by molar-refractivity contribution is 0.0727. The highest BCUT2D eigenvalue weighted by Gasteiger charge is 2.26. The van der Waals surface area contributed by atoms with Gasteiger partial charge in [-0.15, -0.1) is 0 Å². The van der Waals surface area contributed by atoms with Crippen molar-refractivity contribution in [2.24, 2.45) is 0 Å². The van der Waals surface area contributed by atoms with Crippen molar-refractivity contribution in [3.8, 4) is 0 Å². The lowest BCUT2D eigenvalue weighted by Crippen LogP contribution is -2.30. The molecule has 3 rings (SSSR count). The van der Waals surface area contributed by atoms with Crippen LogP contribution in [-0.4, -0.2) is 44.7 Å². The molecule has 8 heteroatoms. The summed E-state index contributed by atoms with van der Waals surface area (Å²) in [6, 6.07) is 13.2.